The number of amides is 1. The van der Waals surface area contributed by atoms with Crippen molar-refractivity contribution in [1.29, 1.82) is 0 Å². The Bertz CT molecular complexity index is 3270. The molecule has 0 spiro atoms. The van der Waals surface area contributed by atoms with Gasteiger partial charge in [0.25, 0.3) is 0 Å². The highest BCUT2D eigenvalue weighted by atomic mass is 16.7. The van der Waals surface area contributed by atoms with Gasteiger partial charge >= 0.3 is 35.8 Å². The first-order valence-electron chi connectivity index (χ1n) is 37.1. The van der Waals surface area contributed by atoms with Gasteiger partial charge in [-0.1, -0.05) is 284 Å². The number of nitrogens with one attached hydrogen (secondary N) is 1. The number of rotatable bonds is 48. The normalized spacial score (nSPS) is 16.6. The van der Waals surface area contributed by atoms with E-state index in [0.717, 1.165) is 57.8 Å². The number of unbranched alkanes of at least 4 members (excludes halogenated alkanes) is 25. The molecule has 1 saturated heterocycles. The van der Waals surface area contributed by atoms with Crippen LogP contribution in [-0.4, -0.2) is 104 Å². The molecule has 6 aromatic carbocycles. The maximum Gasteiger partial charge on any atom is 0.338 e. The van der Waals surface area contributed by atoms with Crippen molar-refractivity contribution < 1.29 is 71.5 Å². The first-order chi connectivity index (χ1) is 49.0. The van der Waals surface area contributed by atoms with Crippen LogP contribution in [-0.2, 0) is 42.7 Å². The molecule has 1 aliphatic heterocycles. The molecule has 1 aliphatic rings. The molecule has 16 heteroatoms. The van der Waals surface area contributed by atoms with Gasteiger partial charge < -0.3 is 43.2 Å². The summed E-state index contributed by atoms with van der Waals surface area (Å²) in [6.45, 7) is 3.24. The molecule has 1 N–H and O–H groups in total. The van der Waals surface area contributed by atoms with Crippen molar-refractivity contribution in [3.63, 3.8) is 0 Å². The fourth-order valence-electron chi connectivity index (χ4n) is 12.5. The first kappa shape index (κ1) is 78.9. The number of ether oxygens (including phenoxy) is 8. The summed E-state index contributed by atoms with van der Waals surface area (Å²) in [5.74, 6) is -5.35. The number of carbonyl (C=O) groups excluding carboxylic acids is 7. The van der Waals surface area contributed by atoms with Crippen LogP contribution >= 0.6 is 0 Å². The van der Waals surface area contributed by atoms with Crippen LogP contribution in [0.3, 0.4) is 0 Å². The van der Waals surface area contributed by atoms with E-state index >= 15 is 0 Å². The Kier molecular flexibility index (Phi) is 36.9. The van der Waals surface area contributed by atoms with Gasteiger partial charge in [-0.25, -0.2) is 28.8 Å². The largest absolute Gasteiger partial charge is 0.459 e. The molecule has 0 aliphatic carbocycles. The van der Waals surface area contributed by atoms with E-state index in [-0.39, 0.29) is 46.2 Å². The minimum Gasteiger partial charge on any atom is -0.459 e. The van der Waals surface area contributed by atoms with Gasteiger partial charge in [0, 0.05) is 6.42 Å². The van der Waals surface area contributed by atoms with Gasteiger partial charge in [0.1, 0.15) is 18.8 Å². The smallest absolute Gasteiger partial charge is 0.338 e. The summed E-state index contributed by atoms with van der Waals surface area (Å²) >= 11 is 0. The molecule has 0 bridgehead atoms. The summed E-state index contributed by atoms with van der Waals surface area (Å²) in [6, 6.07) is 47.8. The van der Waals surface area contributed by atoms with E-state index in [0.29, 0.717) is 12.8 Å². The Labute approximate surface area is 593 Å². The Morgan fingerprint density at radius 1 is 0.360 bits per heavy atom. The minimum absolute atomic E-state index is 0.0827. The van der Waals surface area contributed by atoms with Crippen molar-refractivity contribution in [2.24, 2.45) is 0 Å². The van der Waals surface area contributed by atoms with Crippen molar-refractivity contribution in [1.82, 2.24) is 5.32 Å². The lowest BCUT2D eigenvalue weighted by molar-refractivity contribution is -0.300. The fraction of sp³-hybridized carbons (Fsp3) is 0.488. The second-order valence-electron chi connectivity index (χ2n) is 26.1. The summed E-state index contributed by atoms with van der Waals surface area (Å²) < 4.78 is 51.9. The zero-order valence-corrected chi connectivity index (χ0v) is 59.0. The second-order valence-corrected chi connectivity index (χ2v) is 26.1. The predicted molar refractivity (Wildman–Crippen MR) is 387 cm³/mol. The van der Waals surface area contributed by atoms with Gasteiger partial charge in [-0.3, -0.25) is 4.79 Å². The highest BCUT2D eigenvalue weighted by Crippen LogP contribution is 2.33. The maximum atomic E-state index is 14.8. The van der Waals surface area contributed by atoms with E-state index in [1.165, 1.54) is 139 Å². The molecule has 6 aromatic rings. The van der Waals surface area contributed by atoms with E-state index in [2.05, 4.69) is 19.2 Å². The van der Waals surface area contributed by atoms with Gasteiger partial charge in [0.2, 0.25) is 5.91 Å². The van der Waals surface area contributed by atoms with Crippen molar-refractivity contribution in [3.8, 4) is 0 Å². The Balaban J connectivity index is 1.25. The summed E-state index contributed by atoms with van der Waals surface area (Å²) in [6.07, 6.45) is 19.0. The van der Waals surface area contributed by atoms with Crippen molar-refractivity contribution in [2.75, 3.05) is 13.2 Å². The van der Waals surface area contributed by atoms with Crippen LogP contribution in [0.1, 0.15) is 262 Å². The third kappa shape index (κ3) is 28.6. The molecular formula is C84H107NO15. The first-order valence-corrected chi connectivity index (χ1v) is 37.1. The van der Waals surface area contributed by atoms with Crippen LogP contribution in [0.15, 0.2) is 182 Å². The highest BCUT2D eigenvalue weighted by molar-refractivity contribution is 5.92. The van der Waals surface area contributed by atoms with Crippen LogP contribution in [0.2, 0.25) is 0 Å². The molecule has 8 atom stereocenters. The van der Waals surface area contributed by atoms with E-state index < -0.39 is 104 Å². The molecule has 100 heavy (non-hydrogen) atoms. The third-order valence-corrected chi connectivity index (χ3v) is 18.2. The van der Waals surface area contributed by atoms with Crippen LogP contribution < -0.4 is 5.32 Å². The summed E-state index contributed by atoms with van der Waals surface area (Å²) in [4.78, 5) is 102. The average molecular weight is 1370 g/mol. The van der Waals surface area contributed by atoms with Gasteiger partial charge in [-0.2, -0.15) is 0 Å². The van der Waals surface area contributed by atoms with Gasteiger partial charge in [-0.05, 0) is 92.1 Å². The second kappa shape index (κ2) is 46.8. The molecule has 16 nitrogen and oxygen atoms in total. The van der Waals surface area contributed by atoms with Crippen molar-refractivity contribution in [3.05, 3.63) is 215 Å². The third-order valence-electron chi connectivity index (χ3n) is 18.2. The number of esters is 6. The number of benzene rings is 6. The highest BCUT2D eigenvalue weighted by Gasteiger charge is 2.54. The molecule has 1 amide bonds. The topological polar surface area (TPSA) is 205 Å². The van der Waals surface area contributed by atoms with E-state index in [4.69, 9.17) is 37.9 Å². The quantitative estimate of drug-likeness (QED) is 0.0214. The molecule has 0 aromatic heterocycles. The lowest BCUT2D eigenvalue weighted by atomic mass is 9.97. The zero-order valence-electron chi connectivity index (χ0n) is 59.0. The monoisotopic (exact) mass is 1370 g/mol. The fourth-order valence-corrected chi connectivity index (χ4v) is 12.5. The lowest BCUT2D eigenvalue weighted by Gasteiger charge is -2.44. The number of carbonyl (C=O) groups is 7. The van der Waals surface area contributed by atoms with Crippen molar-refractivity contribution in [2.45, 2.75) is 249 Å². The van der Waals surface area contributed by atoms with Crippen molar-refractivity contribution >= 4 is 41.7 Å². The number of hydrogen-bond acceptors (Lipinski definition) is 15. The molecule has 0 radical (unpaired) electrons. The SMILES string of the molecule is CCCCCCCCCCCCCCCCCC(=O)N[C@@H](CO[C@H]1O[C@H](COC(=O)c2ccccc2)[C@H](OC(=O)c2ccccc2)[C@H](OC(=O)c2ccccc2)[C@H]1OC(=O)c1ccccc1)[C@H](OC(=O)c1ccccc1)[C@@H](CCCCCCCCCCCCCC)OC(=O)c1ccccc1. The molecule has 1 heterocycles. The number of hydrogen-bond donors (Lipinski definition) is 1. The van der Waals surface area contributed by atoms with E-state index in [1.807, 2.05) is 0 Å². The van der Waals surface area contributed by atoms with Crippen LogP contribution in [0, 0.1) is 0 Å². The van der Waals surface area contributed by atoms with Crippen LogP contribution in [0.4, 0.5) is 0 Å². The van der Waals surface area contributed by atoms with Crippen LogP contribution in [0.25, 0.3) is 0 Å². The summed E-state index contributed by atoms with van der Waals surface area (Å²) in [5, 5.41) is 3.15. The molecule has 1 fully saturated rings. The molecule has 0 saturated carbocycles. The molecular weight excluding hydrogens is 1260 g/mol. The summed E-state index contributed by atoms with van der Waals surface area (Å²) in [5.41, 5.74) is 0.905. The molecule has 538 valence electrons. The molecule has 0 unspecified atom stereocenters. The van der Waals surface area contributed by atoms with Gasteiger partial charge in [-0.15, -0.1) is 0 Å². The van der Waals surface area contributed by atoms with Crippen LogP contribution in [0.5, 0.6) is 0 Å². The Hall–Kier alpha value is -8.47. The lowest BCUT2D eigenvalue weighted by Crippen LogP contribution is -2.64. The molecule has 7 rings (SSSR count). The zero-order chi connectivity index (χ0) is 70.6. The average Bonchev–Trinajstić information content (AvgIpc) is 0.776. The maximum absolute atomic E-state index is 14.8. The van der Waals surface area contributed by atoms with E-state index in [1.54, 1.807) is 146 Å². The predicted octanol–water partition coefficient (Wildman–Crippen LogP) is 18.6. The Morgan fingerprint density at radius 3 is 1.07 bits per heavy atom. The van der Waals surface area contributed by atoms with Gasteiger partial charge in [0.15, 0.2) is 30.7 Å². The van der Waals surface area contributed by atoms with Gasteiger partial charge in [0.05, 0.1) is 46.0 Å². The van der Waals surface area contributed by atoms with E-state index in [9.17, 15) is 33.6 Å². The summed E-state index contributed by atoms with van der Waals surface area (Å²) in [7, 11) is 0. The minimum atomic E-state index is -1.81. The standard InChI is InChI=1S/C84H107NO15/c1-3-5-7-9-11-13-15-17-18-19-21-23-25-27-47-61-73(86)85-70(74(97-80(89)66-52-38-30-39-53-66)71(95-79(88)65-50-36-29-37-51-65)60-46-26-24-22-20-16-14-12-10-8-6-4-2)62-94-84-77(100-83(92)69-58-44-33-45-59-69)76(99-82(91)68-56-42-32-43-57-68)75(98-81(90)67-54-40-31-41-55-67)72(96-84)63-93-78(87)64-48-34-28-35-49-64/h28-45,48-59,70-72,74-77,84H,3-27,46-47,60-63H2,1-2H3,(H,85,86)/t70-,71+,72+,74-,75-,76-,77+,84-/m0/s1. The Morgan fingerprint density at radius 2 is 0.680 bits per heavy atom.